The van der Waals surface area contributed by atoms with Gasteiger partial charge in [0.2, 0.25) is 11.8 Å². The number of carbonyl (C=O) groups is 5. The summed E-state index contributed by atoms with van der Waals surface area (Å²) in [6.45, 7) is 2.79. The summed E-state index contributed by atoms with van der Waals surface area (Å²) in [4.78, 5) is 68.6. The van der Waals surface area contributed by atoms with E-state index in [9.17, 15) is 29.1 Å². The fourth-order valence-electron chi connectivity index (χ4n) is 3.42. The number of carboxylic acids is 3. The Labute approximate surface area is 205 Å². The van der Waals surface area contributed by atoms with E-state index >= 15 is 0 Å². The molecule has 0 spiro atoms. The van der Waals surface area contributed by atoms with E-state index < -0.39 is 42.2 Å². The summed E-state index contributed by atoms with van der Waals surface area (Å²) in [5.74, 6) is -6.86. The molecule has 0 saturated heterocycles. The van der Waals surface area contributed by atoms with Crippen molar-refractivity contribution in [3.8, 4) is 0 Å². The Morgan fingerprint density at radius 3 is 1.97 bits per heavy atom. The fraction of sp³-hybridized carbons (Fsp3) is 0.476. The van der Waals surface area contributed by atoms with Crippen LogP contribution in [0.25, 0.3) is 0 Å². The fourth-order valence-corrected chi connectivity index (χ4v) is 3.42. The smallest absolute Gasteiger partial charge is 0.326 e. The minimum absolute atomic E-state index is 0.0268. The number of aliphatic carboxylic acids is 3. The minimum atomic E-state index is -2.00. The number of carbonyl (C=O) groups excluding carboxylic acids is 2. The first-order valence-electron chi connectivity index (χ1n) is 11.0. The summed E-state index contributed by atoms with van der Waals surface area (Å²) in [7, 11) is 1.51. The molecule has 1 atom stereocenters. The molecule has 0 bridgehead atoms. The number of likely N-dealkylation sites (N-methyl/N-ethyl adjacent to an activating group) is 1. The number of imidazole rings is 2. The lowest BCUT2D eigenvalue weighted by Gasteiger charge is -2.22. The van der Waals surface area contributed by atoms with Gasteiger partial charge < -0.3 is 35.1 Å². The van der Waals surface area contributed by atoms with Crippen LogP contribution in [0.4, 0.5) is 0 Å². The van der Waals surface area contributed by atoms with Crippen molar-refractivity contribution in [2.45, 2.75) is 45.6 Å². The molecule has 0 radical (unpaired) electrons. The highest BCUT2D eigenvalue weighted by atomic mass is 16.4. The average molecular weight is 508 g/mol. The van der Waals surface area contributed by atoms with E-state index in [-0.39, 0.29) is 25.5 Å². The predicted octanol–water partition coefficient (Wildman–Crippen LogP) is -1.41. The van der Waals surface area contributed by atoms with Crippen molar-refractivity contribution in [2.75, 3.05) is 13.6 Å². The maximum Gasteiger partial charge on any atom is 0.326 e. The number of hydrogen-bond donors (Lipinski definition) is 5. The van der Waals surface area contributed by atoms with Crippen LogP contribution in [0.1, 0.15) is 25.0 Å². The van der Waals surface area contributed by atoms with Gasteiger partial charge in [0, 0.05) is 44.8 Å². The van der Waals surface area contributed by atoms with Crippen LogP contribution < -0.4 is 10.6 Å². The molecule has 15 nitrogen and oxygen atoms in total. The molecule has 196 valence electrons. The lowest BCUT2D eigenvalue weighted by atomic mass is 10.00. The summed E-state index contributed by atoms with van der Waals surface area (Å²) in [5.41, 5.74) is 0. The summed E-state index contributed by atoms with van der Waals surface area (Å²) in [6, 6.07) is -1.72. The molecular weight excluding hydrogens is 478 g/mol. The number of carboxylic acid groups (broad SMARTS) is 3. The van der Waals surface area contributed by atoms with Gasteiger partial charge in [-0.05, 0) is 6.92 Å². The van der Waals surface area contributed by atoms with Gasteiger partial charge in [0.25, 0.3) is 0 Å². The van der Waals surface area contributed by atoms with Gasteiger partial charge in [0.05, 0.1) is 19.6 Å². The molecule has 15 heteroatoms. The van der Waals surface area contributed by atoms with Crippen molar-refractivity contribution in [3.63, 3.8) is 0 Å². The molecule has 36 heavy (non-hydrogen) atoms. The van der Waals surface area contributed by atoms with Crippen LogP contribution in [0.15, 0.2) is 24.8 Å². The highest BCUT2D eigenvalue weighted by molar-refractivity contribution is 5.94. The molecule has 0 aliphatic rings. The summed E-state index contributed by atoms with van der Waals surface area (Å²) < 4.78 is 3.37. The van der Waals surface area contributed by atoms with Gasteiger partial charge in [-0.1, -0.05) is 0 Å². The molecule has 2 aromatic rings. The average Bonchev–Trinajstić information content (AvgIpc) is 3.44. The number of hydrogen-bond acceptors (Lipinski definition) is 8. The monoisotopic (exact) mass is 507 g/mol. The lowest BCUT2D eigenvalue weighted by Crippen LogP contribution is -2.45. The summed E-state index contributed by atoms with van der Waals surface area (Å²) >= 11 is 0. The first-order chi connectivity index (χ1) is 17.0. The van der Waals surface area contributed by atoms with Gasteiger partial charge >= 0.3 is 17.9 Å². The van der Waals surface area contributed by atoms with Crippen LogP contribution in [-0.4, -0.2) is 88.7 Å². The van der Waals surface area contributed by atoms with E-state index in [1.807, 2.05) is 17.7 Å². The Balaban J connectivity index is 2.13. The van der Waals surface area contributed by atoms with Crippen LogP contribution in [0.3, 0.4) is 0 Å². The second-order valence-corrected chi connectivity index (χ2v) is 7.84. The van der Waals surface area contributed by atoms with Gasteiger partial charge in [0.1, 0.15) is 24.2 Å². The molecular formula is C21H29N7O8. The third kappa shape index (κ3) is 7.90. The Morgan fingerprint density at radius 1 is 0.917 bits per heavy atom. The molecule has 0 saturated carbocycles. The highest BCUT2D eigenvalue weighted by Gasteiger charge is 2.33. The van der Waals surface area contributed by atoms with Crippen molar-refractivity contribution >= 4 is 29.7 Å². The van der Waals surface area contributed by atoms with E-state index in [1.54, 1.807) is 11.1 Å². The zero-order valence-corrected chi connectivity index (χ0v) is 19.8. The van der Waals surface area contributed by atoms with Crippen molar-refractivity contribution in [2.24, 2.45) is 5.92 Å². The van der Waals surface area contributed by atoms with Crippen molar-refractivity contribution in [1.29, 1.82) is 0 Å². The van der Waals surface area contributed by atoms with E-state index in [4.69, 9.17) is 10.2 Å². The largest absolute Gasteiger partial charge is 0.481 e. The Kier molecular flexibility index (Phi) is 10.1. The quantitative estimate of drug-likeness (QED) is 0.177. The van der Waals surface area contributed by atoms with Crippen LogP contribution in [0.2, 0.25) is 0 Å². The Morgan fingerprint density at radius 2 is 1.47 bits per heavy atom. The first-order valence-corrected chi connectivity index (χ1v) is 11.0. The second kappa shape index (κ2) is 13.0. The molecule has 1 unspecified atom stereocenters. The molecule has 0 aliphatic heterocycles. The Hall–Kier alpha value is -4.27. The van der Waals surface area contributed by atoms with Crippen LogP contribution >= 0.6 is 0 Å². The Bertz CT molecular complexity index is 1080. The predicted molar refractivity (Wildman–Crippen MR) is 121 cm³/mol. The van der Waals surface area contributed by atoms with Gasteiger partial charge in [-0.25, -0.2) is 14.8 Å². The molecule has 5 N–H and O–H groups in total. The van der Waals surface area contributed by atoms with E-state index in [0.29, 0.717) is 18.9 Å². The third-order valence-electron chi connectivity index (χ3n) is 5.34. The molecule has 2 rings (SSSR count). The van der Waals surface area contributed by atoms with Crippen molar-refractivity contribution < 1.29 is 39.3 Å². The van der Waals surface area contributed by atoms with Gasteiger partial charge in [-0.3, -0.25) is 24.1 Å². The lowest BCUT2D eigenvalue weighted by molar-refractivity contribution is -0.156. The number of rotatable bonds is 15. The molecule has 2 aromatic heterocycles. The molecule has 2 heterocycles. The number of nitrogens with one attached hydrogen (secondary N) is 2. The van der Waals surface area contributed by atoms with Crippen molar-refractivity contribution in [1.82, 2.24) is 34.6 Å². The number of amides is 2. The molecule has 0 aliphatic carbocycles. The number of nitrogens with zero attached hydrogens (tertiary/aromatic N) is 5. The highest BCUT2D eigenvalue weighted by Crippen LogP contribution is 2.11. The minimum Gasteiger partial charge on any atom is -0.481 e. The summed E-state index contributed by atoms with van der Waals surface area (Å²) in [5, 5.41) is 32.1. The number of aromatic nitrogens is 4. The zero-order chi connectivity index (χ0) is 26.8. The third-order valence-corrected chi connectivity index (χ3v) is 5.34. The van der Waals surface area contributed by atoms with E-state index in [1.165, 1.54) is 24.0 Å². The SMILES string of the molecule is CCn1ccnc1CN(CC(=O)NC)Cc1nccn1CC(=O)NC(CC(C(=O)O)C(=O)O)C(=O)O. The van der Waals surface area contributed by atoms with E-state index in [0.717, 1.165) is 5.82 Å². The second-order valence-electron chi connectivity index (χ2n) is 7.84. The summed E-state index contributed by atoms with van der Waals surface area (Å²) in [6.07, 6.45) is 5.57. The zero-order valence-electron chi connectivity index (χ0n) is 19.8. The normalized spacial score (nSPS) is 11.9. The molecule has 0 fully saturated rings. The molecule has 2 amide bonds. The maximum absolute atomic E-state index is 12.5. The maximum atomic E-state index is 12.5. The van der Waals surface area contributed by atoms with Crippen molar-refractivity contribution in [3.05, 3.63) is 36.4 Å². The van der Waals surface area contributed by atoms with Crippen LogP contribution in [0, 0.1) is 5.92 Å². The van der Waals surface area contributed by atoms with Gasteiger partial charge in [-0.2, -0.15) is 0 Å². The standard InChI is InChI=1S/C21H29N7O8/c1-3-27-6-4-23-15(27)9-26(11-17(29)22-2)10-16-24-5-7-28(16)12-18(30)25-14(21(35)36)8-13(19(31)32)20(33)34/h4-7,13-14H,3,8-12H2,1-2H3,(H,22,29)(H,25,30)(H,31,32)(H,33,34)(H,35,36). The van der Waals surface area contributed by atoms with Crippen LogP contribution in [-0.2, 0) is 50.2 Å². The molecule has 0 aromatic carbocycles. The van der Waals surface area contributed by atoms with Gasteiger partial charge in [-0.15, -0.1) is 0 Å². The van der Waals surface area contributed by atoms with E-state index in [2.05, 4.69) is 20.6 Å². The topological polar surface area (TPSA) is 209 Å². The number of aryl methyl sites for hydroxylation is 1. The first kappa shape index (κ1) is 28.0. The van der Waals surface area contributed by atoms with Crippen LogP contribution in [0.5, 0.6) is 0 Å². The van der Waals surface area contributed by atoms with Gasteiger partial charge in [0.15, 0.2) is 5.92 Å².